The van der Waals surface area contributed by atoms with Crippen molar-refractivity contribution in [2.24, 2.45) is 11.8 Å². The minimum Gasteiger partial charge on any atom is -0.484 e. The lowest BCUT2D eigenvalue weighted by Crippen LogP contribution is -2.36. The van der Waals surface area contributed by atoms with Gasteiger partial charge in [0.05, 0.1) is 6.04 Å². The summed E-state index contributed by atoms with van der Waals surface area (Å²) in [6, 6.07) is 7.86. The van der Waals surface area contributed by atoms with Crippen LogP contribution >= 0.6 is 12.4 Å². The fourth-order valence-electron chi connectivity index (χ4n) is 3.71. The summed E-state index contributed by atoms with van der Waals surface area (Å²) in [5.41, 5.74) is 1.02. The first kappa shape index (κ1) is 23.5. The number of carbonyl (C=O) groups is 2. The van der Waals surface area contributed by atoms with Gasteiger partial charge in [-0.15, -0.1) is 12.4 Å². The SMILES string of the molecule is CC(NC(=O)CC(C)C1CCCNC1)c1ccc(OCC(=O)NC2CC2)cc1.Cl. The van der Waals surface area contributed by atoms with Crippen LogP contribution in [-0.2, 0) is 9.59 Å². The Bertz CT molecular complexity index is 658. The number of halogens is 1. The molecule has 1 heterocycles. The first-order valence-electron chi connectivity index (χ1n) is 10.5. The lowest BCUT2D eigenvalue weighted by Gasteiger charge is -2.28. The van der Waals surface area contributed by atoms with Gasteiger partial charge in [-0.1, -0.05) is 19.1 Å². The van der Waals surface area contributed by atoms with Crippen LogP contribution in [0, 0.1) is 11.8 Å². The third-order valence-corrected chi connectivity index (χ3v) is 5.72. The van der Waals surface area contributed by atoms with Crippen LogP contribution in [0.4, 0.5) is 0 Å². The third-order valence-electron chi connectivity index (χ3n) is 5.72. The minimum atomic E-state index is -0.0745. The zero-order valence-electron chi connectivity index (χ0n) is 17.4. The molecule has 3 N–H and O–H groups in total. The number of benzene rings is 1. The maximum absolute atomic E-state index is 12.4. The van der Waals surface area contributed by atoms with Crippen molar-refractivity contribution in [2.45, 2.75) is 58.0 Å². The Morgan fingerprint density at radius 2 is 1.86 bits per heavy atom. The fraction of sp³-hybridized carbons (Fsp3) is 0.636. The molecule has 162 valence electrons. The maximum Gasteiger partial charge on any atom is 0.258 e. The number of hydrogen-bond acceptors (Lipinski definition) is 4. The Morgan fingerprint density at radius 1 is 1.14 bits per heavy atom. The van der Waals surface area contributed by atoms with Gasteiger partial charge in [-0.25, -0.2) is 0 Å². The molecule has 2 aliphatic rings. The summed E-state index contributed by atoms with van der Waals surface area (Å²) in [4.78, 5) is 24.1. The van der Waals surface area contributed by atoms with Crippen LogP contribution in [0.25, 0.3) is 0 Å². The van der Waals surface area contributed by atoms with Gasteiger partial charge in [0.2, 0.25) is 5.91 Å². The van der Waals surface area contributed by atoms with Gasteiger partial charge in [-0.2, -0.15) is 0 Å². The van der Waals surface area contributed by atoms with Crippen molar-refractivity contribution in [1.29, 1.82) is 0 Å². The average molecular weight is 424 g/mol. The number of ether oxygens (including phenoxy) is 1. The van der Waals surface area contributed by atoms with E-state index in [0.717, 1.165) is 31.5 Å². The molecule has 1 aromatic carbocycles. The Kier molecular flexibility index (Phi) is 9.24. The van der Waals surface area contributed by atoms with Crippen molar-refractivity contribution in [3.8, 4) is 5.75 Å². The molecule has 1 saturated heterocycles. The zero-order chi connectivity index (χ0) is 19.9. The highest BCUT2D eigenvalue weighted by atomic mass is 35.5. The fourth-order valence-corrected chi connectivity index (χ4v) is 3.71. The highest BCUT2D eigenvalue weighted by Crippen LogP contribution is 2.23. The van der Waals surface area contributed by atoms with Gasteiger partial charge in [0, 0.05) is 12.5 Å². The largest absolute Gasteiger partial charge is 0.484 e. The first-order valence-corrected chi connectivity index (χ1v) is 10.5. The molecule has 2 amide bonds. The average Bonchev–Trinajstić information content (AvgIpc) is 3.51. The molecule has 1 aliphatic heterocycles. The predicted molar refractivity (Wildman–Crippen MR) is 116 cm³/mol. The second kappa shape index (κ2) is 11.4. The van der Waals surface area contributed by atoms with E-state index in [1.807, 2.05) is 31.2 Å². The Balaban J connectivity index is 0.00000300. The smallest absolute Gasteiger partial charge is 0.258 e. The van der Waals surface area contributed by atoms with Gasteiger partial charge >= 0.3 is 0 Å². The topological polar surface area (TPSA) is 79.5 Å². The Labute approximate surface area is 179 Å². The van der Waals surface area contributed by atoms with Crippen molar-refractivity contribution in [3.05, 3.63) is 29.8 Å². The van der Waals surface area contributed by atoms with Crippen molar-refractivity contribution in [2.75, 3.05) is 19.7 Å². The molecular weight excluding hydrogens is 390 g/mol. The molecule has 2 fully saturated rings. The van der Waals surface area contributed by atoms with E-state index in [-0.39, 0.29) is 36.9 Å². The van der Waals surface area contributed by atoms with Gasteiger partial charge in [0.1, 0.15) is 5.75 Å². The van der Waals surface area contributed by atoms with Crippen molar-refractivity contribution in [1.82, 2.24) is 16.0 Å². The van der Waals surface area contributed by atoms with E-state index in [2.05, 4.69) is 22.9 Å². The van der Waals surface area contributed by atoms with Crippen LogP contribution in [0.2, 0.25) is 0 Å². The zero-order valence-corrected chi connectivity index (χ0v) is 18.2. The van der Waals surface area contributed by atoms with E-state index in [1.54, 1.807) is 0 Å². The summed E-state index contributed by atoms with van der Waals surface area (Å²) in [5, 5.41) is 9.42. The summed E-state index contributed by atoms with van der Waals surface area (Å²) < 4.78 is 5.53. The molecule has 3 atom stereocenters. The van der Waals surface area contributed by atoms with Crippen LogP contribution in [0.15, 0.2) is 24.3 Å². The molecule has 3 unspecified atom stereocenters. The van der Waals surface area contributed by atoms with Gasteiger partial charge in [0.25, 0.3) is 5.91 Å². The molecule has 29 heavy (non-hydrogen) atoms. The predicted octanol–water partition coefficient (Wildman–Crippen LogP) is 2.97. The molecule has 1 saturated carbocycles. The highest BCUT2D eigenvalue weighted by molar-refractivity contribution is 5.85. The number of amides is 2. The monoisotopic (exact) mass is 423 g/mol. The summed E-state index contributed by atoms with van der Waals surface area (Å²) in [6.07, 6.45) is 5.11. The van der Waals surface area contributed by atoms with E-state index >= 15 is 0 Å². The third kappa shape index (κ3) is 7.86. The van der Waals surface area contributed by atoms with E-state index in [9.17, 15) is 9.59 Å². The van der Waals surface area contributed by atoms with E-state index in [4.69, 9.17) is 4.74 Å². The standard InChI is InChI=1S/C22H33N3O3.ClH/c1-15(18-4-3-11-23-13-18)12-21(26)24-16(2)17-5-9-20(10-6-17)28-14-22(27)25-19-7-8-19;/h5-6,9-10,15-16,18-19,23H,3-4,7-8,11-14H2,1-2H3,(H,24,26)(H,25,27);1H. The number of piperidine rings is 1. The summed E-state index contributed by atoms with van der Waals surface area (Å²) in [5.74, 6) is 1.66. The number of carbonyl (C=O) groups excluding carboxylic acids is 2. The van der Waals surface area contributed by atoms with Crippen molar-refractivity contribution in [3.63, 3.8) is 0 Å². The maximum atomic E-state index is 12.4. The van der Waals surface area contributed by atoms with Crippen LogP contribution in [0.5, 0.6) is 5.75 Å². The second-order valence-electron chi connectivity index (χ2n) is 8.28. The van der Waals surface area contributed by atoms with E-state index in [0.29, 0.717) is 30.0 Å². The normalized spacial score (nSPS) is 20.7. The molecule has 0 radical (unpaired) electrons. The summed E-state index contributed by atoms with van der Waals surface area (Å²) >= 11 is 0. The minimum absolute atomic E-state index is 0. The van der Waals surface area contributed by atoms with Gasteiger partial charge in [-0.3, -0.25) is 9.59 Å². The molecule has 0 bridgehead atoms. The quantitative estimate of drug-likeness (QED) is 0.570. The van der Waals surface area contributed by atoms with Crippen LogP contribution < -0.4 is 20.7 Å². The molecule has 6 nitrogen and oxygen atoms in total. The van der Waals surface area contributed by atoms with Crippen LogP contribution in [0.3, 0.4) is 0 Å². The molecular formula is C22H34ClN3O3. The lowest BCUT2D eigenvalue weighted by atomic mass is 9.85. The molecule has 0 aromatic heterocycles. The molecule has 0 spiro atoms. The van der Waals surface area contributed by atoms with E-state index < -0.39 is 0 Å². The molecule has 1 aromatic rings. The molecule has 7 heteroatoms. The second-order valence-corrected chi connectivity index (χ2v) is 8.28. The Hall–Kier alpha value is -1.79. The Morgan fingerprint density at radius 3 is 2.48 bits per heavy atom. The first-order chi connectivity index (χ1) is 13.5. The highest BCUT2D eigenvalue weighted by Gasteiger charge is 2.24. The van der Waals surface area contributed by atoms with Gasteiger partial charge in [0.15, 0.2) is 6.61 Å². The summed E-state index contributed by atoms with van der Waals surface area (Å²) in [7, 11) is 0. The molecule has 3 rings (SSSR count). The van der Waals surface area contributed by atoms with Crippen LogP contribution in [-0.4, -0.2) is 37.6 Å². The summed E-state index contributed by atoms with van der Waals surface area (Å²) in [6.45, 7) is 6.31. The number of hydrogen-bond donors (Lipinski definition) is 3. The van der Waals surface area contributed by atoms with Gasteiger partial charge in [-0.05, 0) is 75.2 Å². The molecule has 1 aliphatic carbocycles. The van der Waals surface area contributed by atoms with E-state index in [1.165, 1.54) is 12.8 Å². The lowest BCUT2D eigenvalue weighted by molar-refractivity contribution is -0.124. The van der Waals surface area contributed by atoms with Gasteiger partial charge < -0.3 is 20.7 Å². The number of nitrogens with one attached hydrogen (secondary N) is 3. The number of rotatable bonds is 9. The van der Waals surface area contributed by atoms with Crippen molar-refractivity contribution >= 4 is 24.2 Å². The van der Waals surface area contributed by atoms with Crippen molar-refractivity contribution < 1.29 is 14.3 Å². The van der Waals surface area contributed by atoms with Crippen LogP contribution in [0.1, 0.15) is 57.6 Å².